The number of hydrogen-bond donors (Lipinski definition) is 0. The van der Waals surface area contributed by atoms with Gasteiger partial charge in [-0.2, -0.15) is 0 Å². The lowest BCUT2D eigenvalue weighted by Gasteiger charge is -2.28. The lowest BCUT2D eigenvalue weighted by Crippen LogP contribution is -2.36. The lowest BCUT2D eigenvalue weighted by atomic mass is 10.2. The third kappa shape index (κ3) is 4.19. The summed E-state index contributed by atoms with van der Waals surface area (Å²) < 4.78 is 5.37. The zero-order valence-corrected chi connectivity index (χ0v) is 13.6. The Kier molecular flexibility index (Phi) is 6.19. The van der Waals surface area contributed by atoms with E-state index in [2.05, 4.69) is 14.9 Å². The minimum Gasteiger partial charge on any atom is -0.378 e. The first kappa shape index (κ1) is 16.7. The predicted octanol–water partition coefficient (Wildman–Crippen LogP) is 3.66. The summed E-state index contributed by atoms with van der Waals surface area (Å²) in [5, 5.41) is 0.399. The number of para-hydroxylation sites is 1. The number of anilines is 1. The Bertz CT molecular complexity index is 628. The maximum absolute atomic E-state index is 6.30. The van der Waals surface area contributed by atoms with Gasteiger partial charge in [-0.1, -0.05) is 29.8 Å². The van der Waals surface area contributed by atoms with Crippen LogP contribution in [-0.4, -0.2) is 36.5 Å². The predicted molar refractivity (Wildman–Crippen MR) is 93.0 cm³/mol. The van der Waals surface area contributed by atoms with Crippen LogP contribution in [0.1, 0.15) is 5.69 Å². The molecule has 1 aromatic heterocycles. The molecule has 0 atom stereocenters. The highest BCUT2D eigenvalue weighted by molar-refractivity contribution is 6.69. The van der Waals surface area contributed by atoms with Gasteiger partial charge in [0.15, 0.2) is 5.17 Å². The molecule has 0 aliphatic carbocycles. The van der Waals surface area contributed by atoms with Crippen molar-refractivity contribution in [2.75, 3.05) is 31.2 Å². The molecule has 0 amide bonds. The average Bonchev–Trinajstić information content (AvgIpc) is 2.57. The Balaban J connectivity index is 0.00000176. The van der Waals surface area contributed by atoms with Crippen molar-refractivity contribution in [1.29, 1.82) is 0 Å². The molecular weight excluding hydrogens is 321 g/mol. The summed E-state index contributed by atoms with van der Waals surface area (Å²) in [6, 6.07) is 13.6. The van der Waals surface area contributed by atoms with Gasteiger partial charge in [0.05, 0.1) is 18.9 Å². The van der Waals surface area contributed by atoms with E-state index in [1.54, 1.807) is 6.20 Å². The Hall–Kier alpha value is -1.62. The maximum Gasteiger partial charge on any atom is 0.155 e. The third-order valence-corrected chi connectivity index (χ3v) is 3.59. The smallest absolute Gasteiger partial charge is 0.155 e. The van der Waals surface area contributed by atoms with Crippen molar-refractivity contribution in [3.63, 3.8) is 0 Å². The fourth-order valence-electron chi connectivity index (χ4n) is 2.22. The number of ether oxygens (including phenoxy) is 1. The molecule has 1 aliphatic heterocycles. The first-order chi connectivity index (χ1) is 10.3. The normalized spacial score (nSPS) is 15.3. The van der Waals surface area contributed by atoms with Crippen LogP contribution in [-0.2, 0) is 4.74 Å². The molecule has 0 N–H and O–H groups in total. The maximum atomic E-state index is 6.30. The van der Waals surface area contributed by atoms with Crippen molar-refractivity contribution in [2.24, 2.45) is 4.99 Å². The second-order valence-corrected chi connectivity index (χ2v) is 5.09. The van der Waals surface area contributed by atoms with Crippen LogP contribution in [0.2, 0.25) is 0 Å². The Morgan fingerprint density at radius 2 is 1.86 bits per heavy atom. The summed E-state index contributed by atoms with van der Waals surface area (Å²) in [5.74, 6) is 0. The summed E-state index contributed by atoms with van der Waals surface area (Å²) in [7, 11) is 0. The molecule has 1 saturated heterocycles. The second kappa shape index (κ2) is 8.13. The van der Waals surface area contributed by atoms with E-state index in [0.717, 1.165) is 37.7 Å². The standard InChI is InChI=1S/C16H16ClN3O.ClH/c17-16(19-13-4-2-1-3-5-13)15-12-14(6-7-18-15)20-8-10-21-11-9-20;/h1-7,12H,8-11H2;1H. The van der Waals surface area contributed by atoms with E-state index in [-0.39, 0.29) is 12.4 Å². The van der Waals surface area contributed by atoms with E-state index >= 15 is 0 Å². The quantitative estimate of drug-likeness (QED) is 0.802. The molecule has 2 heterocycles. The third-order valence-electron chi connectivity index (χ3n) is 3.31. The zero-order valence-electron chi connectivity index (χ0n) is 12.0. The van der Waals surface area contributed by atoms with Gasteiger partial charge < -0.3 is 9.64 Å². The largest absolute Gasteiger partial charge is 0.378 e. The summed E-state index contributed by atoms with van der Waals surface area (Å²) in [5.41, 5.74) is 2.61. The number of rotatable bonds is 3. The van der Waals surface area contributed by atoms with Crippen LogP contribution in [0, 0.1) is 0 Å². The number of halogens is 2. The molecule has 2 aromatic rings. The van der Waals surface area contributed by atoms with Gasteiger partial charge in [-0.05, 0) is 24.3 Å². The van der Waals surface area contributed by atoms with Gasteiger partial charge in [-0.3, -0.25) is 4.98 Å². The molecule has 0 saturated carbocycles. The fraction of sp³-hybridized carbons (Fsp3) is 0.250. The average molecular weight is 338 g/mol. The molecule has 3 rings (SSSR count). The van der Waals surface area contributed by atoms with Crippen LogP contribution >= 0.6 is 24.0 Å². The molecule has 0 unspecified atom stereocenters. The zero-order chi connectivity index (χ0) is 14.5. The van der Waals surface area contributed by atoms with E-state index in [0.29, 0.717) is 10.9 Å². The molecule has 6 heteroatoms. The highest BCUT2D eigenvalue weighted by Crippen LogP contribution is 2.19. The number of hydrogen-bond acceptors (Lipinski definition) is 4. The highest BCUT2D eigenvalue weighted by atomic mass is 35.5. The Labute approximate surface area is 141 Å². The number of pyridine rings is 1. The summed E-state index contributed by atoms with van der Waals surface area (Å²) in [6.07, 6.45) is 1.77. The van der Waals surface area contributed by atoms with Crippen molar-refractivity contribution in [2.45, 2.75) is 0 Å². The molecule has 4 nitrogen and oxygen atoms in total. The molecule has 0 bridgehead atoms. The van der Waals surface area contributed by atoms with Crippen molar-refractivity contribution in [3.8, 4) is 0 Å². The van der Waals surface area contributed by atoms with Crippen molar-refractivity contribution < 1.29 is 4.74 Å². The number of nitrogens with zero attached hydrogens (tertiary/aromatic N) is 3. The van der Waals surface area contributed by atoms with E-state index in [1.807, 2.05) is 42.5 Å². The van der Waals surface area contributed by atoms with Gasteiger partial charge in [0.25, 0.3) is 0 Å². The summed E-state index contributed by atoms with van der Waals surface area (Å²) in [6.45, 7) is 3.28. The van der Waals surface area contributed by atoms with Gasteiger partial charge >= 0.3 is 0 Å². The topological polar surface area (TPSA) is 37.7 Å². The molecule has 0 radical (unpaired) electrons. The van der Waals surface area contributed by atoms with E-state index < -0.39 is 0 Å². The molecule has 0 spiro atoms. The monoisotopic (exact) mass is 337 g/mol. The second-order valence-electron chi connectivity index (χ2n) is 4.74. The molecule has 1 aromatic carbocycles. The van der Waals surface area contributed by atoms with Gasteiger partial charge in [-0.25, -0.2) is 4.99 Å². The summed E-state index contributed by atoms with van der Waals surface area (Å²) >= 11 is 6.30. The molecule has 1 fully saturated rings. The minimum atomic E-state index is 0. The SMILES string of the molecule is Cl.ClC(=Nc1ccccc1)c1cc(N2CCOCC2)ccn1. The first-order valence-electron chi connectivity index (χ1n) is 6.91. The first-order valence-corrected chi connectivity index (χ1v) is 7.29. The van der Waals surface area contributed by atoms with E-state index in [9.17, 15) is 0 Å². The number of aliphatic imine (C=N–C) groups is 1. The van der Waals surface area contributed by atoms with Crippen LogP contribution < -0.4 is 4.90 Å². The van der Waals surface area contributed by atoms with Crippen molar-refractivity contribution in [3.05, 3.63) is 54.4 Å². The Morgan fingerprint density at radius 3 is 2.59 bits per heavy atom. The molecule has 22 heavy (non-hydrogen) atoms. The van der Waals surface area contributed by atoms with Gasteiger partial charge in [0.1, 0.15) is 5.69 Å². The molecule has 1 aliphatic rings. The van der Waals surface area contributed by atoms with E-state index in [4.69, 9.17) is 16.3 Å². The van der Waals surface area contributed by atoms with Crippen LogP contribution in [0.5, 0.6) is 0 Å². The van der Waals surface area contributed by atoms with E-state index in [1.165, 1.54) is 0 Å². The van der Waals surface area contributed by atoms with Crippen molar-refractivity contribution in [1.82, 2.24) is 4.98 Å². The van der Waals surface area contributed by atoms with Gasteiger partial charge in [0.2, 0.25) is 0 Å². The lowest BCUT2D eigenvalue weighted by molar-refractivity contribution is 0.122. The van der Waals surface area contributed by atoms with Gasteiger partial charge in [0, 0.05) is 25.0 Å². The summed E-state index contributed by atoms with van der Waals surface area (Å²) in [4.78, 5) is 11.0. The van der Waals surface area contributed by atoms with Crippen LogP contribution in [0.25, 0.3) is 0 Å². The minimum absolute atomic E-state index is 0. The van der Waals surface area contributed by atoms with Crippen molar-refractivity contribution >= 4 is 40.6 Å². The van der Waals surface area contributed by atoms with Crippen LogP contribution in [0.3, 0.4) is 0 Å². The number of benzene rings is 1. The highest BCUT2D eigenvalue weighted by Gasteiger charge is 2.12. The molecule has 116 valence electrons. The van der Waals surface area contributed by atoms with Gasteiger partial charge in [-0.15, -0.1) is 12.4 Å². The number of aromatic nitrogens is 1. The van der Waals surface area contributed by atoms with Crippen LogP contribution in [0.15, 0.2) is 53.7 Å². The van der Waals surface area contributed by atoms with Crippen LogP contribution in [0.4, 0.5) is 11.4 Å². The molecular formula is C16H17Cl2N3O. The number of morpholine rings is 1. The Morgan fingerprint density at radius 1 is 1.14 bits per heavy atom. The fourth-order valence-corrected chi connectivity index (χ4v) is 2.42.